The summed E-state index contributed by atoms with van der Waals surface area (Å²) in [6, 6.07) is 0.444. The average Bonchev–Trinajstić information content (AvgIpc) is 2.84. The SMILES string of the molecule is CCNC(Cc1cn(C)nn1)C1(N(C)C)CCCCC1. The Labute approximate surface area is 122 Å². The molecule has 1 N–H and O–H groups in total. The lowest BCUT2D eigenvalue weighted by Gasteiger charge is -2.48. The summed E-state index contributed by atoms with van der Waals surface area (Å²) in [4.78, 5) is 2.44. The van der Waals surface area contributed by atoms with Crippen LogP contribution in [-0.4, -0.2) is 52.1 Å². The molecule has 1 aliphatic rings. The van der Waals surface area contributed by atoms with Crippen molar-refractivity contribution in [2.24, 2.45) is 7.05 Å². The molecule has 1 aromatic rings. The van der Waals surface area contributed by atoms with E-state index in [1.807, 2.05) is 13.2 Å². The molecule has 1 aromatic heterocycles. The average molecular weight is 279 g/mol. The molecule has 20 heavy (non-hydrogen) atoms. The molecule has 1 atom stereocenters. The number of likely N-dealkylation sites (N-methyl/N-ethyl adjacent to an activating group) is 2. The number of aromatic nitrogens is 3. The van der Waals surface area contributed by atoms with Crippen molar-refractivity contribution in [1.29, 1.82) is 0 Å². The van der Waals surface area contributed by atoms with E-state index in [-0.39, 0.29) is 5.54 Å². The molecule has 1 fully saturated rings. The van der Waals surface area contributed by atoms with E-state index in [4.69, 9.17) is 0 Å². The minimum Gasteiger partial charge on any atom is -0.312 e. The molecule has 0 aromatic carbocycles. The zero-order valence-corrected chi connectivity index (χ0v) is 13.4. The van der Waals surface area contributed by atoms with Crippen molar-refractivity contribution in [3.8, 4) is 0 Å². The second kappa shape index (κ2) is 6.68. The second-order valence-electron chi connectivity index (χ2n) is 6.26. The Morgan fingerprint density at radius 1 is 1.35 bits per heavy atom. The number of rotatable bonds is 6. The lowest BCUT2D eigenvalue weighted by molar-refractivity contribution is 0.0571. The maximum Gasteiger partial charge on any atom is 0.0843 e. The quantitative estimate of drug-likeness (QED) is 0.859. The predicted molar refractivity (Wildman–Crippen MR) is 81.7 cm³/mol. The van der Waals surface area contributed by atoms with Crippen LogP contribution in [-0.2, 0) is 13.5 Å². The van der Waals surface area contributed by atoms with Gasteiger partial charge in [-0.1, -0.05) is 31.4 Å². The number of nitrogens with zero attached hydrogens (tertiary/aromatic N) is 4. The van der Waals surface area contributed by atoms with Gasteiger partial charge in [-0.2, -0.15) is 0 Å². The molecule has 5 heteroatoms. The molecule has 114 valence electrons. The van der Waals surface area contributed by atoms with Crippen molar-refractivity contribution >= 4 is 0 Å². The van der Waals surface area contributed by atoms with E-state index < -0.39 is 0 Å². The first-order chi connectivity index (χ1) is 9.58. The number of hydrogen-bond acceptors (Lipinski definition) is 4. The van der Waals surface area contributed by atoms with Crippen LogP contribution in [0, 0.1) is 0 Å². The Balaban J connectivity index is 2.19. The van der Waals surface area contributed by atoms with Gasteiger partial charge < -0.3 is 10.2 Å². The molecule has 0 amide bonds. The van der Waals surface area contributed by atoms with Crippen LogP contribution in [0.25, 0.3) is 0 Å². The summed E-state index contributed by atoms with van der Waals surface area (Å²) in [5, 5.41) is 12.1. The van der Waals surface area contributed by atoms with Gasteiger partial charge in [0.2, 0.25) is 0 Å². The van der Waals surface area contributed by atoms with Crippen LogP contribution < -0.4 is 5.32 Å². The Kier molecular flexibility index (Phi) is 5.16. The van der Waals surface area contributed by atoms with Gasteiger partial charge >= 0.3 is 0 Å². The van der Waals surface area contributed by atoms with Gasteiger partial charge in [0.15, 0.2) is 0 Å². The molecule has 0 aliphatic heterocycles. The van der Waals surface area contributed by atoms with Crippen molar-refractivity contribution in [3.63, 3.8) is 0 Å². The smallest absolute Gasteiger partial charge is 0.0843 e. The third-order valence-corrected chi connectivity index (χ3v) is 4.77. The summed E-state index contributed by atoms with van der Waals surface area (Å²) < 4.78 is 1.79. The molecule has 0 saturated heterocycles. The molecule has 1 heterocycles. The van der Waals surface area contributed by atoms with Gasteiger partial charge in [-0.15, -0.1) is 5.10 Å². The Morgan fingerprint density at radius 2 is 2.05 bits per heavy atom. The first-order valence-corrected chi connectivity index (χ1v) is 7.84. The van der Waals surface area contributed by atoms with E-state index in [0.717, 1.165) is 18.7 Å². The molecule has 0 radical (unpaired) electrons. The van der Waals surface area contributed by atoms with Gasteiger partial charge in [0.1, 0.15) is 0 Å². The van der Waals surface area contributed by atoms with Gasteiger partial charge in [-0.05, 0) is 33.5 Å². The van der Waals surface area contributed by atoms with Crippen LogP contribution in [0.5, 0.6) is 0 Å². The van der Waals surface area contributed by atoms with Crippen LogP contribution in [0.1, 0.15) is 44.7 Å². The minimum atomic E-state index is 0.256. The van der Waals surface area contributed by atoms with E-state index in [9.17, 15) is 0 Å². The van der Waals surface area contributed by atoms with Gasteiger partial charge in [0, 0.05) is 31.2 Å². The maximum absolute atomic E-state index is 4.28. The number of aryl methyl sites for hydroxylation is 1. The third kappa shape index (κ3) is 3.20. The highest BCUT2D eigenvalue weighted by atomic mass is 15.4. The van der Waals surface area contributed by atoms with Crippen molar-refractivity contribution in [1.82, 2.24) is 25.2 Å². The predicted octanol–water partition coefficient (Wildman–Crippen LogP) is 1.60. The normalized spacial score (nSPS) is 20.2. The van der Waals surface area contributed by atoms with Crippen LogP contribution in [0.3, 0.4) is 0 Å². The summed E-state index contributed by atoms with van der Waals surface area (Å²) >= 11 is 0. The van der Waals surface area contributed by atoms with Gasteiger partial charge in [0.05, 0.1) is 5.69 Å². The van der Waals surface area contributed by atoms with Crippen molar-refractivity contribution < 1.29 is 0 Å². The fourth-order valence-electron chi connectivity index (χ4n) is 3.67. The van der Waals surface area contributed by atoms with E-state index in [2.05, 4.69) is 41.5 Å². The lowest BCUT2D eigenvalue weighted by atomic mass is 9.74. The van der Waals surface area contributed by atoms with E-state index in [0.29, 0.717) is 6.04 Å². The number of hydrogen-bond donors (Lipinski definition) is 1. The summed E-state index contributed by atoms with van der Waals surface area (Å²) in [5.74, 6) is 0. The standard InChI is InChI=1S/C15H29N5/c1-5-16-14(11-13-12-20(4)18-17-13)15(19(2)3)9-7-6-8-10-15/h12,14,16H,5-11H2,1-4H3. The second-order valence-corrected chi connectivity index (χ2v) is 6.26. The molecule has 5 nitrogen and oxygen atoms in total. The van der Waals surface area contributed by atoms with Crippen molar-refractivity contribution in [2.75, 3.05) is 20.6 Å². The maximum atomic E-state index is 4.28. The fourth-order valence-corrected chi connectivity index (χ4v) is 3.67. The zero-order chi connectivity index (χ0) is 14.6. The molecular formula is C15H29N5. The van der Waals surface area contributed by atoms with Crippen LogP contribution in [0.2, 0.25) is 0 Å². The highest BCUT2D eigenvalue weighted by molar-refractivity contribution is 5.07. The summed E-state index contributed by atoms with van der Waals surface area (Å²) in [6.45, 7) is 3.19. The van der Waals surface area contributed by atoms with Crippen molar-refractivity contribution in [2.45, 2.75) is 57.0 Å². The minimum absolute atomic E-state index is 0.256. The summed E-state index contributed by atoms with van der Waals surface area (Å²) in [6.07, 6.45) is 9.59. The monoisotopic (exact) mass is 279 g/mol. The van der Waals surface area contributed by atoms with Crippen LogP contribution in [0.4, 0.5) is 0 Å². The molecule has 1 unspecified atom stereocenters. The third-order valence-electron chi connectivity index (χ3n) is 4.77. The van der Waals surface area contributed by atoms with E-state index >= 15 is 0 Å². The van der Waals surface area contributed by atoms with Crippen LogP contribution in [0.15, 0.2) is 6.20 Å². The van der Waals surface area contributed by atoms with Gasteiger partial charge in [-0.3, -0.25) is 4.68 Å². The first kappa shape index (κ1) is 15.4. The lowest BCUT2D eigenvalue weighted by Crippen LogP contribution is -2.60. The Morgan fingerprint density at radius 3 is 2.55 bits per heavy atom. The fraction of sp³-hybridized carbons (Fsp3) is 0.867. The molecule has 1 aliphatic carbocycles. The van der Waals surface area contributed by atoms with Gasteiger partial charge in [-0.25, -0.2) is 0 Å². The van der Waals surface area contributed by atoms with E-state index in [1.54, 1.807) is 4.68 Å². The molecular weight excluding hydrogens is 250 g/mol. The molecule has 1 saturated carbocycles. The highest BCUT2D eigenvalue weighted by Crippen LogP contribution is 2.36. The summed E-state index contributed by atoms with van der Waals surface area (Å²) in [5.41, 5.74) is 1.34. The van der Waals surface area contributed by atoms with Crippen molar-refractivity contribution in [3.05, 3.63) is 11.9 Å². The van der Waals surface area contributed by atoms with Gasteiger partial charge in [0.25, 0.3) is 0 Å². The summed E-state index contributed by atoms with van der Waals surface area (Å²) in [7, 11) is 6.39. The number of nitrogens with one attached hydrogen (secondary N) is 1. The van der Waals surface area contributed by atoms with E-state index in [1.165, 1.54) is 32.1 Å². The molecule has 0 spiro atoms. The van der Waals surface area contributed by atoms with Crippen LogP contribution >= 0.6 is 0 Å². The first-order valence-electron chi connectivity index (χ1n) is 7.84. The molecule has 0 bridgehead atoms. The zero-order valence-electron chi connectivity index (χ0n) is 13.4. The Hall–Kier alpha value is -0.940. The highest BCUT2D eigenvalue weighted by Gasteiger charge is 2.41. The Bertz CT molecular complexity index is 406. The topological polar surface area (TPSA) is 46.0 Å². The molecule has 2 rings (SSSR count). The largest absolute Gasteiger partial charge is 0.312 e.